The highest BCUT2D eigenvalue weighted by Crippen LogP contribution is 2.27. The van der Waals surface area contributed by atoms with Gasteiger partial charge in [0.15, 0.2) is 0 Å². The molecule has 0 aliphatic heterocycles. The van der Waals surface area contributed by atoms with Gasteiger partial charge in [0.25, 0.3) is 0 Å². The van der Waals surface area contributed by atoms with Crippen molar-refractivity contribution in [2.45, 2.75) is 51.6 Å². The van der Waals surface area contributed by atoms with Gasteiger partial charge in [-0.25, -0.2) is 0 Å². The van der Waals surface area contributed by atoms with Crippen LogP contribution in [-0.2, 0) is 4.79 Å². The van der Waals surface area contributed by atoms with Gasteiger partial charge in [-0.2, -0.15) is 0 Å². The molecule has 1 amide bonds. The fourth-order valence-corrected chi connectivity index (χ4v) is 3.06. The zero-order chi connectivity index (χ0) is 16.1. The quantitative estimate of drug-likeness (QED) is 0.865. The second-order valence-corrected chi connectivity index (χ2v) is 6.59. The number of hydrogen-bond acceptors (Lipinski definition) is 3. The Hall–Kier alpha value is -1.42. The number of carbonyl (C=O) groups is 1. The van der Waals surface area contributed by atoms with Crippen molar-refractivity contribution in [3.05, 3.63) is 23.2 Å². The molecule has 1 aromatic rings. The maximum Gasteiger partial charge on any atom is 0.242 e. The largest absolute Gasteiger partial charge is 0.495 e. The van der Waals surface area contributed by atoms with Crippen LogP contribution in [-0.4, -0.2) is 25.1 Å². The molecule has 1 fully saturated rings. The Kier molecular flexibility index (Phi) is 5.95. The zero-order valence-corrected chi connectivity index (χ0v) is 14.2. The molecule has 5 heteroatoms. The zero-order valence-electron chi connectivity index (χ0n) is 13.5. The average Bonchev–Trinajstić information content (AvgIpc) is 2.49. The minimum absolute atomic E-state index is 0.0338. The maximum atomic E-state index is 12.3. The first-order valence-corrected chi connectivity index (χ1v) is 8.28. The van der Waals surface area contributed by atoms with E-state index in [1.807, 2.05) is 13.0 Å². The summed E-state index contributed by atoms with van der Waals surface area (Å²) in [4.78, 5) is 12.3. The molecule has 0 saturated heterocycles. The van der Waals surface area contributed by atoms with Gasteiger partial charge in [0.05, 0.1) is 12.1 Å². The molecule has 1 atom stereocenters. The second kappa shape index (κ2) is 7.73. The van der Waals surface area contributed by atoms with Crippen LogP contribution in [0.1, 0.15) is 39.5 Å². The number of amides is 1. The van der Waals surface area contributed by atoms with Crippen LogP contribution in [0.2, 0.25) is 5.02 Å². The van der Waals surface area contributed by atoms with Gasteiger partial charge < -0.3 is 15.4 Å². The van der Waals surface area contributed by atoms with E-state index in [0.29, 0.717) is 16.8 Å². The van der Waals surface area contributed by atoms with Gasteiger partial charge in [0.1, 0.15) is 11.8 Å². The normalized spacial score (nSPS) is 22.7. The molecular formula is C17H25ClN2O2. The van der Waals surface area contributed by atoms with Crippen molar-refractivity contribution in [1.82, 2.24) is 5.32 Å². The number of rotatable bonds is 5. The van der Waals surface area contributed by atoms with E-state index in [9.17, 15) is 4.79 Å². The molecule has 22 heavy (non-hydrogen) atoms. The van der Waals surface area contributed by atoms with Crippen molar-refractivity contribution < 1.29 is 9.53 Å². The van der Waals surface area contributed by atoms with Crippen molar-refractivity contribution >= 4 is 23.2 Å². The van der Waals surface area contributed by atoms with Gasteiger partial charge >= 0.3 is 0 Å². The molecule has 2 rings (SSSR count). The van der Waals surface area contributed by atoms with E-state index in [1.165, 1.54) is 12.8 Å². The summed E-state index contributed by atoms with van der Waals surface area (Å²) in [5.74, 6) is 1.44. The third-order valence-corrected chi connectivity index (χ3v) is 4.59. The summed E-state index contributed by atoms with van der Waals surface area (Å²) in [6, 6.07) is 5.43. The van der Waals surface area contributed by atoms with Crippen molar-refractivity contribution in [2.75, 3.05) is 12.4 Å². The molecule has 2 N–H and O–H groups in total. The highest BCUT2D eigenvalue weighted by molar-refractivity contribution is 6.32. The Morgan fingerprint density at radius 1 is 1.32 bits per heavy atom. The van der Waals surface area contributed by atoms with Crippen LogP contribution in [0, 0.1) is 5.92 Å². The molecule has 1 aliphatic carbocycles. The topological polar surface area (TPSA) is 50.4 Å². The maximum absolute atomic E-state index is 12.3. The van der Waals surface area contributed by atoms with Crippen LogP contribution in [0.4, 0.5) is 5.69 Å². The van der Waals surface area contributed by atoms with E-state index in [2.05, 4.69) is 17.6 Å². The Morgan fingerprint density at radius 3 is 2.59 bits per heavy atom. The fraction of sp³-hybridized carbons (Fsp3) is 0.588. The first kappa shape index (κ1) is 16.9. The van der Waals surface area contributed by atoms with E-state index in [0.717, 1.165) is 24.4 Å². The lowest BCUT2D eigenvalue weighted by molar-refractivity contribution is -0.122. The van der Waals surface area contributed by atoms with Crippen LogP contribution in [0.5, 0.6) is 5.75 Å². The first-order chi connectivity index (χ1) is 10.5. The summed E-state index contributed by atoms with van der Waals surface area (Å²) >= 11 is 6.10. The number of benzene rings is 1. The molecule has 0 spiro atoms. The van der Waals surface area contributed by atoms with Gasteiger partial charge in [-0.15, -0.1) is 0 Å². The summed E-state index contributed by atoms with van der Waals surface area (Å²) in [5.41, 5.74) is 0.811. The fourth-order valence-electron chi connectivity index (χ4n) is 2.80. The van der Waals surface area contributed by atoms with Crippen molar-refractivity contribution in [3.8, 4) is 5.75 Å². The Balaban J connectivity index is 1.87. The monoisotopic (exact) mass is 324 g/mol. The minimum atomic E-state index is -0.302. The average molecular weight is 325 g/mol. The highest BCUT2D eigenvalue weighted by atomic mass is 35.5. The van der Waals surface area contributed by atoms with Crippen molar-refractivity contribution in [3.63, 3.8) is 0 Å². The molecule has 1 aromatic carbocycles. The predicted octanol–water partition coefficient (Wildman–Crippen LogP) is 3.84. The molecule has 1 saturated carbocycles. The predicted molar refractivity (Wildman–Crippen MR) is 90.7 cm³/mol. The lowest BCUT2D eigenvalue weighted by Crippen LogP contribution is -2.44. The number of nitrogens with one attached hydrogen (secondary N) is 2. The van der Waals surface area contributed by atoms with Crippen LogP contribution in [0.3, 0.4) is 0 Å². The first-order valence-electron chi connectivity index (χ1n) is 7.90. The van der Waals surface area contributed by atoms with Crippen LogP contribution < -0.4 is 15.4 Å². The van der Waals surface area contributed by atoms with Gasteiger partial charge in [0, 0.05) is 11.7 Å². The summed E-state index contributed by atoms with van der Waals surface area (Å²) in [7, 11) is 1.58. The second-order valence-electron chi connectivity index (χ2n) is 6.18. The standard InChI is InChI=1S/C17H25ClN2O2/c1-11-4-6-13(7-5-11)20-17(21)12(2)19-14-8-9-16(22-3)15(18)10-14/h8-13,19H,4-7H2,1-3H3,(H,20,21). The lowest BCUT2D eigenvalue weighted by atomic mass is 9.87. The molecule has 122 valence electrons. The molecule has 1 unspecified atom stereocenters. The Bertz CT molecular complexity index is 513. The van der Waals surface area contributed by atoms with E-state index in [-0.39, 0.29) is 11.9 Å². The summed E-state index contributed by atoms with van der Waals surface area (Å²) in [6.45, 7) is 4.13. The smallest absolute Gasteiger partial charge is 0.242 e. The Morgan fingerprint density at radius 2 is 2.00 bits per heavy atom. The third-order valence-electron chi connectivity index (χ3n) is 4.29. The minimum Gasteiger partial charge on any atom is -0.495 e. The molecule has 0 aromatic heterocycles. The van der Waals surface area contributed by atoms with Gasteiger partial charge in [-0.1, -0.05) is 18.5 Å². The number of hydrogen-bond donors (Lipinski definition) is 2. The summed E-state index contributed by atoms with van der Waals surface area (Å²) in [5, 5.41) is 6.85. The van der Waals surface area contributed by atoms with E-state index >= 15 is 0 Å². The number of carbonyl (C=O) groups excluding carboxylic acids is 1. The van der Waals surface area contributed by atoms with E-state index in [4.69, 9.17) is 16.3 Å². The number of ether oxygens (including phenoxy) is 1. The SMILES string of the molecule is COc1ccc(NC(C)C(=O)NC2CCC(C)CC2)cc1Cl. The summed E-state index contributed by atoms with van der Waals surface area (Å²) in [6.07, 6.45) is 4.55. The van der Waals surface area contributed by atoms with Gasteiger partial charge in [-0.3, -0.25) is 4.79 Å². The molecule has 0 heterocycles. The molecular weight excluding hydrogens is 300 g/mol. The molecule has 0 bridgehead atoms. The Labute approximate surface area is 137 Å². The molecule has 0 radical (unpaired) electrons. The number of halogens is 1. The van der Waals surface area contributed by atoms with Crippen LogP contribution in [0.15, 0.2) is 18.2 Å². The summed E-state index contributed by atoms with van der Waals surface area (Å²) < 4.78 is 5.12. The van der Waals surface area contributed by atoms with Gasteiger partial charge in [-0.05, 0) is 56.7 Å². The van der Waals surface area contributed by atoms with E-state index in [1.54, 1.807) is 19.2 Å². The molecule has 1 aliphatic rings. The highest BCUT2D eigenvalue weighted by Gasteiger charge is 2.22. The van der Waals surface area contributed by atoms with Crippen molar-refractivity contribution in [1.29, 1.82) is 0 Å². The van der Waals surface area contributed by atoms with Crippen LogP contribution >= 0.6 is 11.6 Å². The van der Waals surface area contributed by atoms with E-state index < -0.39 is 0 Å². The molecule has 4 nitrogen and oxygen atoms in total. The van der Waals surface area contributed by atoms with Gasteiger partial charge in [0.2, 0.25) is 5.91 Å². The third kappa shape index (κ3) is 4.54. The lowest BCUT2D eigenvalue weighted by Gasteiger charge is -2.28. The number of methoxy groups -OCH3 is 1. The number of anilines is 1. The van der Waals surface area contributed by atoms with Crippen molar-refractivity contribution in [2.24, 2.45) is 5.92 Å². The van der Waals surface area contributed by atoms with Crippen LogP contribution in [0.25, 0.3) is 0 Å².